The molecule has 0 bridgehead atoms. The third-order valence-corrected chi connectivity index (χ3v) is 20.1. The van der Waals surface area contributed by atoms with Crippen molar-refractivity contribution in [3.05, 3.63) is 0 Å². The lowest BCUT2D eigenvalue weighted by molar-refractivity contribution is -0.161. The summed E-state index contributed by atoms with van der Waals surface area (Å²) >= 11 is 0. The van der Waals surface area contributed by atoms with Crippen LogP contribution in [0.1, 0.15) is 395 Å². The van der Waals surface area contributed by atoms with Crippen LogP contribution in [0.15, 0.2) is 0 Å². The van der Waals surface area contributed by atoms with E-state index in [2.05, 4.69) is 48.5 Å². The molecule has 0 saturated heterocycles. The zero-order valence-corrected chi connectivity index (χ0v) is 64.6. The van der Waals surface area contributed by atoms with Gasteiger partial charge in [-0.3, -0.25) is 37.3 Å². The smallest absolute Gasteiger partial charge is 0.462 e. The molecule has 0 fully saturated rings. The number of phosphoric ester groups is 2. The van der Waals surface area contributed by atoms with Gasteiger partial charge in [0, 0.05) is 25.7 Å². The van der Waals surface area contributed by atoms with E-state index in [0.717, 1.165) is 114 Å². The molecular formula is C77H150O17P2. The van der Waals surface area contributed by atoms with Crippen LogP contribution in [0.3, 0.4) is 0 Å². The molecule has 19 heteroatoms. The number of esters is 4. The van der Waals surface area contributed by atoms with Gasteiger partial charge in [-0.05, 0) is 43.4 Å². The molecule has 3 N–H and O–H groups in total. The number of hydrogen-bond acceptors (Lipinski definition) is 15. The first kappa shape index (κ1) is 94.1. The Morgan fingerprint density at radius 1 is 0.302 bits per heavy atom. The second kappa shape index (κ2) is 67.5. The fraction of sp³-hybridized carbons (Fsp3) is 0.948. The Hall–Kier alpha value is -1.94. The van der Waals surface area contributed by atoms with E-state index in [4.69, 9.17) is 37.0 Å². The lowest BCUT2D eigenvalue weighted by Gasteiger charge is -2.21. The summed E-state index contributed by atoms with van der Waals surface area (Å²) in [5, 5.41) is 10.6. The van der Waals surface area contributed by atoms with Gasteiger partial charge in [-0.15, -0.1) is 0 Å². The van der Waals surface area contributed by atoms with E-state index >= 15 is 0 Å². The highest BCUT2D eigenvalue weighted by molar-refractivity contribution is 7.47. The highest BCUT2D eigenvalue weighted by Crippen LogP contribution is 2.45. The zero-order valence-electron chi connectivity index (χ0n) is 62.8. The first-order valence-electron chi connectivity index (χ1n) is 39.9. The number of phosphoric acid groups is 2. The van der Waals surface area contributed by atoms with Crippen LogP contribution in [-0.2, 0) is 65.4 Å². The number of carbonyl (C=O) groups is 4. The average molecular weight is 1410 g/mol. The molecule has 0 aliphatic carbocycles. The minimum absolute atomic E-state index is 0.105. The predicted octanol–water partition coefficient (Wildman–Crippen LogP) is 22.6. The van der Waals surface area contributed by atoms with Gasteiger partial charge < -0.3 is 33.8 Å². The number of aliphatic hydroxyl groups excluding tert-OH is 1. The largest absolute Gasteiger partial charge is 0.472 e. The topological polar surface area (TPSA) is 237 Å². The molecule has 0 heterocycles. The number of hydrogen-bond donors (Lipinski definition) is 3. The summed E-state index contributed by atoms with van der Waals surface area (Å²) in [6, 6.07) is 0. The van der Waals surface area contributed by atoms with E-state index in [1.165, 1.54) is 199 Å². The third kappa shape index (κ3) is 69.2. The maximum Gasteiger partial charge on any atom is 0.472 e. The van der Waals surface area contributed by atoms with Crippen molar-refractivity contribution in [3.8, 4) is 0 Å². The van der Waals surface area contributed by atoms with E-state index in [0.29, 0.717) is 25.7 Å². The third-order valence-electron chi connectivity index (χ3n) is 18.2. The first-order valence-corrected chi connectivity index (χ1v) is 42.9. The molecule has 0 aromatic rings. The van der Waals surface area contributed by atoms with Gasteiger partial charge in [0.05, 0.1) is 26.4 Å². The highest BCUT2D eigenvalue weighted by Gasteiger charge is 2.30. The standard InChI is InChI=1S/C77H150O17P2/c1-8-10-11-41-51-58-74(79)87-64-72(93-76(81)61-54-47-40-34-28-22-24-30-36-43-49-56-69(5)6)66-91-95(83,84)89-62-71(78)63-90-96(85,86)92-67-73(65-88-75(80)59-52-45-38-32-26-21-20-23-29-35-42-48-55-68(3)4)94-77(82)60-53-46-39-33-27-19-17-15-13-12-14-16-18-25-31-37-44-50-57-70(7)9-2/h68-73,78H,8-67H2,1-7H3,(H,83,84)(H,85,86)/t70?,71-,72+,73+/m0/s1. The molecule has 17 nitrogen and oxygen atoms in total. The van der Waals surface area contributed by atoms with Gasteiger partial charge >= 0.3 is 39.5 Å². The highest BCUT2D eigenvalue weighted by atomic mass is 31.2. The SMILES string of the molecule is CCCCCCCC(=O)OC[C@H](COP(=O)(O)OC[C@H](O)COP(=O)(O)OC[C@@H](COC(=O)CCCCCCCCCCCCCCC(C)C)OC(=O)CCCCCCCCCCCCCCCCCCCCC(C)CC)OC(=O)CCCCCCCCCCCCCC(C)C. The van der Waals surface area contributed by atoms with Crippen LogP contribution in [0.5, 0.6) is 0 Å². The molecule has 0 aromatic carbocycles. The van der Waals surface area contributed by atoms with E-state index in [9.17, 15) is 43.2 Å². The number of ether oxygens (including phenoxy) is 4. The summed E-state index contributed by atoms with van der Waals surface area (Å²) in [4.78, 5) is 72.5. The summed E-state index contributed by atoms with van der Waals surface area (Å²) < 4.78 is 68.3. The number of aliphatic hydroxyl groups is 1. The lowest BCUT2D eigenvalue weighted by Crippen LogP contribution is -2.30. The quantitative estimate of drug-likeness (QED) is 0.0222. The molecule has 0 aliphatic rings. The normalized spacial score (nSPS) is 14.3. The Balaban J connectivity index is 5.12. The van der Waals surface area contributed by atoms with Crippen molar-refractivity contribution >= 4 is 39.5 Å². The summed E-state index contributed by atoms with van der Waals surface area (Å²) in [5.74, 6) is 0.290. The maximum absolute atomic E-state index is 13.1. The van der Waals surface area contributed by atoms with Crippen molar-refractivity contribution in [1.29, 1.82) is 0 Å². The Morgan fingerprint density at radius 3 is 0.792 bits per heavy atom. The van der Waals surface area contributed by atoms with Crippen molar-refractivity contribution in [3.63, 3.8) is 0 Å². The van der Waals surface area contributed by atoms with Crippen LogP contribution in [0.25, 0.3) is 0 Å². The number of rotatable bonds is 75. The summed E-state index contributed by atoms with van der Waals surface area (Å²) in [6.07, 6.45) is 54.5. The van der Waals surface area contributed by atoms with E-state index in [1.54, 1.807) is 0 Å². The van der Waals surface area contributed by atoms with Crippen LogP contribution < -0.4 is 0 Å². The van der Waals surface area contributed by atoms with Crippen LogP contribution >= 0.6 is 15.6 Å². The molecule has 0 saturated carbocycles. The van der Waals surface area contributed by atoms with Crippen LogP contribution in [0.2, 0.25) is 0 Å². The van der Waals surface area contributed by atoms with Gasteiger partial charge in [-0.25, -0.2) is 9.13 Å². The second-order valence-electron chi connectivity index (χ2n) is 28.9. The van der Waals surface area contributed by atoms with Crippen molar-refractivity contribution < 1.29 is 80.2 Å². The van der Waals surface area contributed by atoms with E-state index in [1.807, 2.05) is 0 Å². The molecule has 0 radical (unpaired) electrons. The Morgan fingerprint density at radius 2 is 0.531 bits per heavy atom. The number of unbranched alkanes of at least 4 members (excludes halogenated alkanes) is 42. The van der Waals surface area contributed by atoms with Gasteiger partial charge in [-0.2, -0.15) is 0 Å². The summed E-state index contributed by atoms with van der Waals surface area (Å²) in [5.41, 5.74) is 0. The summed E-state index contributed by atoms with van der Waals surface area (Å²) in [7, 11) is -9.90. The van der Waals surface area contributed by atoms with Gasteiger partial charge in [0.2, 0.25) is 0 Å². The molecular weight excluding hydrogens is 1260 g/mol. The van der Waals surface area contributed by atoms with Crippen molar-refractivity contribution in [2.75, 3.05) is 39.6 Å². The predicted molar refractivity (Wildman–Crippen MR) is 391 cm³/mol. The van der Waals surface area contributed by atoms with Gasteiger partial charge in [0.15, 0.2) is 12.2 Å². The molecule has 0 spiro atoms. The molecule has 96 heavy (non-hydrogen) atoms. The lowest BCUT2D eigenvalue weighted by atomic mass is 9.99. The van der Waals surface area contributed by atoms with Gasteiger partial charge in [0.1, 0.15) is 19.3 Å². The molecule has 0 aliphatic heterocycles. The van der Waals surface area contributed by atoms with Gasteiger partial charge in [0.25, 0.3) is 0 Å². The molecule has 3 unspecified atom stereocenters. The molecule has 0 aromatic heterocycles. The van der Waals surface area contributed by atoms with Gasteiger partial charge in [-0.1, -0.05) is 344 Å². The monoisotopic (exact) mass is 1410 g/mol. The zero-order chi connectivity index (χ0) is 70.9. The Bertz CT molecular complexity index is 1870. The van der Waals surface area contributed by atoms with Crippen LogP contribution in [0, 0.1) is 17.8 Å². The second-order valence-corrected chi connectivity index (χ2v) is 31.8. The van der Waals surface area contributed by atoms with Crippen LogP contribution in [-0.4, -0.2) is 96.7 Å². The number of carbonyl (C=O) groups excluding carboxylic acids is 4. The fourth-order valence-electron chi connectivity index (χ4n) is 11.7. The average Bonchev–Trinajstić information content (AvgIpc) is 2.99. The minimum Gasteiger partial charge on any atom is -0.462 e. The van der Waals surface area contributed by atoms with Crippen molar-refractivity contribution in [2.24, 2.45) is 17.8 Å². The van der Waals surface area contributed by atoms with E-state index < -0.39 is 97.5 Å². The first-order chi connectivity index (χ1) is 46.3. The van der Waals surface area contributed by atoms with Crippen molar-refractivity contribution in [1.82, 2.24) is 0 Å². The van der Waals surface area contributed by atoms with Crippen molar-refractivity contribution in [2.45, 2.75) is 414 Å². The molecule has 6 atom stereocenters. The van der Waals surface area contributed by atoms with E-state index in [-0.39, 0.29) is 25.7 Å². The Labute approximate surface area is 588 Å². The molecule has 570 valence electrons. The Kier molecular flexibility index (Phi) is 66.2. The van der Waals surface area contributed by atoms with Crippen LogP contribution in [0.4, 0.5) is 0 Å². The molecule has 0 amide bonds. The maximum atomic E-state index is 13.1. The summed E-state index contributed by atoms with van der Waals surface area (Å²) in [6.45, 7) is 11.9. The minimum atomic E-state index is -4.96. The fourth-order valence-corrected chi connectivity index (χ4v) is 13.3. The molecule has 0 rings (SSSR count).